The van der Waals surface area contributed by atoms with E-state index >= 15 is 0 Å². The number of aromatic nitrogens is 1. The molecule has 138 valence electrons. The van der Waals surface area contributed by atoms with Gasteiger partial charge in [-0.1, -0.05) is 43.3 Å². The van der Waals surface area contributed by atoms with Gasteiger partial charge >= 0.3 is 0 Å². The number of benzene rings is 2. The van der Waals surface area contributed by atoms with Crippen molar-refractivity contribution in [2.45, 2.75) is 26.8 Å². The van der Waals surface area contributed by atoms with Gasteiger partial charge in [0.1, 0.15) is 0 Å². The Morgan fingerprint density at radius 1 is 1.00 bits per heavy atom. The molecule has 2 amide bonds. The van der Waals surface area contributed by atoms with Gasteiger partial charge in [0.2, 0.25) is 5.91 Å². The Labute approximate surface area is 162 Å². The van der Waals surface area contributed by atoms with Crippen molar-refractivity contribution in [1.82, 2.24) is 10.3 Å². The molecule has 0 radical (unpaired) electrons. The molecule has 0 bridgehead atoms. The smallest absolute Gasteiger partial charge is 0.257 e. The fraction of sp³-hybridized carbons (Fsp3) is 0.190. The first kappa shape index (κ1) is 18.8. The van der Waals surface area contributed by atoms with E-state index in [-0.39, 0.29) is 11.8 Å². The molecule has 27 heavy (non-hydrogen) atoms. The summed E-state index contributed by atoms with van der Waals surface area (Å²) < 4.78 is 0. The van der Waals surface area contributed by atoms with E-state index in [0.29, 0.717) is 17.2 Å². The molecule has 0 aliphatic carbocycles. The molecule has 0 unspecified atom stereocenters. The molecule has 0 saturated heterocycles. The molecule has 2 N–H and O–H groups in total. The van der Waals surface area contributed by atoms with Crippen molar-refractivity contribution in [1.29, 1.82) is 0 Å². The van der Waals surface area contributed by atoms with Gasteiger partial charge in [-0.05, 0) is 29.7 Å². The van der Waals surface area contributed by atoms with Crippen molar-refractivity contribution in [3.8, 4) is 11.3 Å². The molecule has 3 rings (SSSR count). The van der Waals surface area contributed by atoms with Gasteiger partial charge in [0.15, 0.2) is 5.13 Å². The van der Waals surface area contributed by atoms with Crippen LogP contribution in [-0.4, -0.2) is 16.8 Å². The Morgan fingerprint density at radius 2 is 1.67 bits per heavy atom. The van der Waals surface area contributed by atoms with Crippen molar-refractivity contribution >= 4 is 28.3 Å². The number of thiazole rings is 1. The maximum absolute atomic E-state index is 12.4. The van der Waals surface area contributed by atoms with Crippen molar-refractivity contribution in [3.63, 3.8) is 0 Å². The highest BCUT2D eigenvalue weighted by Gasteiger charge is 2.10. The minimum Gasteiger partial charge on any atom is -0.352 e. The zero-order valence-corrected chi connectivity index (χ0v) is 16.1. The summed E-state index contributed by atoms with van der Waals surface area (Å²) in [6, 6.07) is 15.4. The van der Waals surface area contributed by atoms with E-state index in [9.17, 15) is 9.59 Å². The largest absolute Gasteiger partial charge is 0.352 e. The van der Waals surface area contributed by atoms with E-state index in [1.165, 1.54) is 23.8 Å². The summed E-state index contributed by atoms with van der Waals surface area (Å²) in [4.78, 5) is 27.9. The number of hydrogen-bond donors (Lipinski definition) is 2. The van der Waals surface area contributed by atoms with Gasteiger partial charge in [-0.3, -0.25) is 14.9 Å². The molecule has 0 spiro atoms. The van der Waals surface area contributed by atoms with E-state index in [2.05, 4.69) is 34.7 Å². The first-order valence-corrected chi connectivity index (χ1v) is 9.62. The van der Waals surface area contributed by atoms with Crippen molar-refractivity contribution in [2.24, 2.45) is 0 Å². The summed E-state index contributed by atoms with van der Waals surface area (Å²) in [5.41, 5.74) is 4.65. The van der Waals surface area contributed by atoms with Gasteiger partial charge < -0.3 is 5.32 Å². The predicted octanol–water partition coefficient (Wildman–Crippen LogP) is 4.26. The monoisotopic (exact) mass is 379 g/mol. The lowest BCUT2D eigenvalue weighted by Gasteiger charge is -2.05. The second-order valence-corrected chi connectivity index (χ2v) is 7.01. The standard InChI is InChI=1S/C21H21N3O2S/c1-3-15-4-8-17(9-5-15)19-13-27-21(23-19)24-20(26)18-10-6-16(7-11-18)12-22-14(2)25/h4-11,13H,3,12H2,1-2H3,(H,22,25)(H,23,24,26). The molecule has 0 saturated carbocycles. The summed E-state index contributed by atoms with van der Waals surface area (Å²) in [5, 5.41) is 8.07. The third-order valence-corrected chi connectivity index (χ3v) is 4.90. The molecule has 0 aliphatic heterocycles. The Morgan fingerprint density at radius 3 is 2.30 bits per heavy atom. The molecule has 2 aromatic carbocycles. The molecular formula is C21H21N3O2S. The molecule has 5 nitrogen and oxygen atoms in total. The Kier molecular flexibility index (Phi) is 5.98. The topological polar surface area (TPSA) is 71.1 Å². The third kappa shape index (κ3) is 5.01. The number of carbonyl (C=O) groups excluding carboxylic acids is 2. The molecule has 6 heteroatoms. The lowest BCUT2D eigenvalue weighted by atomic mass is 10.1. The number of nitrogens with zero attached hydrogens (tertiary/aromatic N) is 1. The van der Waals surface area contributed by atoms with Crippen LogP contribution in [0.3, 0.4) is 0 Å². The number of anilines is 1. The lowest BCUT2D eigenvalue weighted by molar-refractivity contribution is -0.119. The highest BCUT2D eigenvalue weighted by molar-refractivity contribution is 7.14. The second-order valence-electron chi connectivity index (χ2n) is 6.15. The van der Waals surface area contributed by atoms with E-state index in [4.69, 9.17) is 0 Å². The van der Waals surface area contributed by atoms with Crippen molar-refractivity contribution < 1.29 is 9.59 Å². The van der Waals surface area contributed by atoms with Crippen molar-refractivity contribution in [3.05, 3.63) is 70.6 Å². The number of rotatable bonds is 6. The van der Waals surface area contributed by atoms with Gasteiger partial charge in [0, 0.05) is 30.0 Å². The van der Waals surface area contributed by atoms with Crippen LogP contribution in [0.5, 0.6) is 0 Å². The lowest BCUT2D eigenvalue weighted by Crippen LogP contribution is -2.19. The first-order valence-electron chi connectivity index (χ1n) is 8.74. The third-order valence-electron chi connectivity index (χ3n) is 4.14. The molecule has 0 aliphatic rings. The average molecular weight is 379 g/mol. The van der Waals surface area contributed by atoms with E-state index in [1.807, 2.05) is 29.6 Å². The zero-order valence-electron chi connectivity index (χ0n) is 15.3. The Hall–Kier alpha value is -2.99. The van der Waals surface area contributed by atoms with Crippen LogP contribution in [0.4, 0.5) is 5.13 Å². The van der Waals surface area contributed by atoms with Gasteiger partial charge in [-0.2, -0.15) is 0 Å². The SMILES string of the molecule is CCc1ccc(-c2csc(NC(=O)c3ccc(CNC(C)=O)cc3)n2)cc1. The maximum Gasteiger partial charge on any atom is 0.257 e. The zero-order chi connectivity index (χ0) is 19.2. The van der Waals surface area contributed by atoms with E-state index in [0.717, 1.165) is 23.2 Å². The summed E-state index contributed by atoms with van der Waals surface area (Å²) in [5.74, 6) is -0.288. The van der Waals surface area contributed by atoms with Gasteiger partial charge in [0.05, 0.1) is 5.69 Å². The minimum absolute atomic E-state index is 0.0827. The van der Waals surface area contributed by atoms with Gasteiger partial charge in [0.25, 0.3) is 5.91 Å². The minimum atomic E-state index is -0.205. The number of carbonyl (C=O) groups is 2. The fourth-order valence-electron chi connectivity index (χ4n) is 2.54. The van der Waals surface area contributed by atoms with Crippen LogP contribution in [0.1, 0.15) is 35.3 Å². The maximum atomic E-state index is 12.4. The second kappa shape index (κ2) is 8.60. The first-order chi connectivity index (χ1) is 13.0. The molecule has 0 atom stereocenters. The molecule has 1 heterocycles. The quantitative estimate of drug-likeness (QED) is 0.672. The summed E-state index contributed by atoms with van der Waals surface area (Å²) >= 11 is 1.40. The van der Waals surface area contributed by atoms with Gasteiger partial charge in [-0.25, -0.2) is 4.98 Å². The number of nitrogens with one attached hydrogen (secondary N) is 2. The predicted molar refractivity (Wildman–Crippen MR) is 109 cm³/mol. The Bertz CT molecular complexity index is 931. The van der Waals surface area contributed by atoms with E-state index in [1.54, 1.807) is 12.1 Å². The number of aryl methyl sites for hydroxylation is 1. The summed E-state index contributed by atoms with van der Waals surface area (Å²) in [7, 11) is 0. The highest BCUT2D eigenvalue weighted by Crippen LogP contribution is 2.25. The molecule has 3 aromatic rings. The highest BCUT2D eigenvalue weighted by atomic mass is 32.1. The normalized spacial score (nSPS) is 10.4. The van der Waals surface area contributed by atoms with Crippen LogP contribution < -0.4 is 10.6 Å². The van der Waals surface area contributed by atoms with E-state index < -0.39 is 0 Å². The van der Waals surface area contributed by atoms with Gasteiger partial charge in [-0.15, -0.1) is 11.3 Å². The molecule has 0 fully saturated rings. The van der Waals surface area contributed by atoms with Crippen molar-refractivity contribution in [2.75, 3.05) is 5.32 Å². The number of hydrogen-bond acceptors (Lipinski definition) is 4. The van der Waals surface area contributed by atoms with Crippen LogP contribution in [0.15, 0.2) is 53.9 Å². The Balaban J connectivity index is 1.64. The van der Waals surface area contributed by atoms with Crippen LogP contribution in [0.2, 0.25) is 0 Å². The van der Waals surface area contributed by atoms with Crippen LogP contribution in [0.25, 0.3) is 11.3 Å². The van der Waals surface area contributed by atoms with Crippen LogP contribution in [0, 0.1) is 0 Å². The average Bonchev–Trinajstić information content (AvgIpc) is 3.15. The number of amides is 2. The summed E-state index contributed by atoms with van der Waals surface area (Å²) in [6.07, 6.45) is 1.00. The molecule has 1 aromatic heterocycles. The molecular weight excluding hydrogens is 358 g/mol. The fourth-order valence-corrected chi connectivity index (χ4v) is 3.26. The summed E-state index contributed by atoms with van der Waals surface area (Å²) in [6.45, 7) is 4.05. The van der Waals surface area contributed by atoms with Crippen LogP contribution in [-0.2, 0) is 17.8 Å². The van der Waals surface area contributed by atoms with Crippen LogP contribution >= 0.6 is 11.3 Å².